The quantitative estimate of drug-likeness (QED) is 0.861. The number of para-hydroxylation sites is 1. The fourth-order valence-corrected chi connectivity index (χ4v) is 3.58. The number of fused-ring (bicyclic) bond motifs is 2. The zero-order valence-electron chi connectivity index (χ0n) is 10.9. The molecule has 3 atom stereocenters. The van der Waals surface area contributed by atoms with Crippen molar-refractivity contribution in [2.24, 2.45) is 17.8 Å². The number of hydrogen-bond acceptors (Lipinski definition) is 1. The second kappa shape index (κ2) is 5.19. The van der Waals surface area contributed by atoms with Gasteiger partial charge in [-0.2, -0.15) is 0 Å². The van der Waals surface area contributed by atoms with Crippen LogP contribution in [0.2, 0.25) is 0 Å². The van der Waals surface area contributed by atoms with E-state index in [1.807, 2.05) is 0 Å². The van der Waals surface area contributed by atoms with E-state index in [0.29, 0.717) is 12.5 Å². The van der Waals surface area contributed by atoms with E-state index in [1.165, 1.54) is 31.7 Å². The first kappa shape index (κ1) is 12.5. The summed E-state index contributed by atoms with van der Waals surface area (Å²) in [5, 5.41) is 5.42. The van der Waals surface area contributed by atoms with Crippen molar-refractivity contribution >= 4 is 11.7 Å². The van der Waals surface area contributed by atoms with Gasteiger partial charge in [-0.25, -0.2) is 9.18 Å². The van der Waals surface area contributed by atoms with Crippen LogP contribution in [0.5, 0.6) is 0 Å². The van der Waals surface area contributed by atoms with Crippen molar-refractivity contribution in [3.8, 4) is 0 Å². The Balaban J connectivity index is 1.48. The Bertz CT molecular complexity index is 477. The van der Waals surface area contributed by atoms with Crippen LogP contribution in [-0.4, -0.2) is 12.6 Å². The molecule has 0 radical (unpaired) electrons. The standard InChI is InChI=1S/C15H19FN2O/c16-13-3-1-2-4-14(13)18-15(19)17-9-12-8-10-5-6-11(12)7-10/h1-4,10-12H,5-9H2,(H2,17,18,19)/t10-,11+,12-/m0/s1. The summed E-state index contributed by atoms with van der Waals surface area (Å²) >= 11 is 0. The molecule has 0 saturated heterocycles. The summed E-state index contributed by atoms with van der Waals surface area (Å²) in [6.45, 7) is 0.710. The van der Waals surface area contributed by atoms with Gasteiger partial charge in [0.2, 0.25) is 0 Å². The van der Waals surface area contributed by atoms with Crippen LogP contribution < -0.4 is 10.6 Å². The molecule has 1 aromatic carbocycles. The molecule has 2 fully saturated rings. The molecule has 0 heterocycles. The fourth-order valence-electron chi connectivity index (χ4n) is 3.58. The Morgan fingerprint density at radius 1 is 1.26 bits per heavy atom. The number of nitrogens with one attached hydrogen (secondary N) is 2. The minimum atomic E-state index is -0.405. The third kappa shape index (κ3) is 2.72. The molecule has 0 aromatic heterocycles. The number of hydrogen-bond donors (Lipinski definition) is 2. The van der Waals surface area contributed by atoms with Crippen molar-refractivity contribution in [2.45, 2.75) is 25.7 Å². The highest BCUT2D eigenvalue weighted by Crippen LogP contribution is 2.47. The molecule has 19 heavy (non-hydrogen) atoms. The van der Waals surface area contributed by atoms with Crippen LogP contribution in [0.4, 0.5) is 14.9 Å². The molecule has 1 aromatic rings. The predicted octanol–water partition coefficient (Wildman–Crippen LogP) is 3.38. The summed E-state index contributed by atoms with van der Waals surface area (Å²) in [5.41, 5.74) is 0.230. The molecule has 102 valence electrons. The average molecular weight is 262 g/mol. The van der Waals surface area contributed by atoms with Gasteiger partial charge in [0, 0.05) is 6.54 Å². The van der Waals surface area contributed by atoms with Crippen LogP contribution in [0.25, 0.3) is 0 Å². The van der Waals surface area contributed by atoms with Crippen LogP contribution >= 0.6 is 0 Å². The molecule has 2 bridgehead atoms. The van der Waals surface area contributed by atoms with Crippen LogP contribution in [-0.2, 0) is 0 Å². The third-order valence-corrected chi connectivity index (χ3v) is 4.53. The van der Waals surface area contributed by atoms with E-state index in [2.05, 4.69) is 10.6 Å². The van der Waals surface area contributed by atoms with Gasteiger partial charge in [0.05, 0.1) is 5.69 Å². The van der Waals surface area contributed by atoms with Gasteiger partial charge in [0.25, 0.3) is 0 Å². The SMILES string of the molecule is O=C(NC[C@@H]1C[C@H]2CC[C@@H]1C2)Nc1ccccc1F. The maximum atomic E-state index is 13.4. The molecule has 0 aliphatic heterocycles. The normalized spacial score (nSPS) is 28.4. The van der Waals surface area contributed by atoms with Crippen LogP contribution in [0.15, 0.2) is 24.3 Å². The van der Waals surface area contributed by atoms with Crippen LogP contribution in [0.1, 0.15) is 25.7 Å². The lowest BCUT2D eigenvalue weighted by Crippen LogP contribution is -2.34. The first-order valence-corrected chi connectivity index (χ1v) is 7.02. The van der Waals surface area contributed by atoms with Crippen LogP contribution in [0.3, 0.4) is 0 Å². The average Bonchev–Trinajstić information content (AvgIpc) is 3.01. The minimum Gasteiger partial charge on any atom is -0.338 e. The smallest absolute Gasteiger partial charge is 0.319 e. The zero-order chi connectivity index (χ0) is 13.2. The topological polar surface area (TPSA) is 41.1 Å². The fraction of sp³-hybridized carbons (Fsp3) is 0.533. The van der Waals surface area contributed by atoms with E-state index in [1.54, 1.807) is 18.2 Å². The molecule has 2 N–H and O–H groups in total. The molecule has 2 amide bonds. The maximum Gasteiger partial charge on any atom is 0.319 e. The number of carbonyl (C=O) groups is 1. The summed E-state index contributed by atoms with van der Waals surface area (Å²) in [4.78, 5) is 11.7. The van der Waals surface area contributed by atoms with E-state index in [9.17, 15) is 9.18 Å². The van der Waals surface area contributed by atoms with Crippen molar-refractivity contribution in [1.29, 1.82) is 0 Å². The lowest BCUT2D eigenvalue weighted by molar-refractivity contribution is 0.245. The summed E-state index contributed by atoms with van der Waals surface area (Å²) < 4.78 is 13.4. The van der Waals surface area contributed by atoms with Gasteiger partial charge >= 0.3 is 6.03 Å². The van der Waals surface area contributed by atoms with Gasteiger partial charge in [-0.1, -0.05) is 18.6 Å². The molecule has 3 rings (SSSR count). The molecule has 2 aliphatic rings. The first-order chi connectivity index (χ1) is 9.22. The predicted molar refractivity (Wildman–Crippen MR) is 72.4 cm³/mol. The summed E-state index contributed by atoms with van der Waals surface area (Å²) in [5.74, 6) is 1.88. The van der Waals surface area contributed by atoms with E-state index in [0.717, 1.165) is 11.8 Å². The number of benzene rings is 1. The molecule has 2 aliphatic carbocycles. The Hall–Kier alpha value is -1.58. The lowest BCUT2D eigenvalue weighted by Gasteiger charge is -2.21. The van der Waals surface area contributed by atoms with Gasteiger partial charge in [-0.3, -0.25) is 0 Å². The van der Waals surface area contributed by atoms with Gasteiger partial charge in [0.1, 0.15) is 5.82 Å². The van der Waals surface area contributed by atoms with Crippen molar-refractivity contribution in [1.82, 2.24) is 5.32 Å². The minimum absolute atomic E-state index is 0.230. The molecule has 0 spiro atoms. The number of urea groups is 1. The van der Waals surface area contributed by atoms with Crippen molar-refractivity contribution < 1.29 is 9.18 Å². The summed E-state index contributed by atoms with van der Waals surface area (Å²) in [6, 6.07) is 5.90. The van der Waals surface area contributed by atoms with E-state index in [-0.39, 0.29) is 11.7 Å². The molecule has 4 heteroatoms. The summed E-state index contributed by atoms with van der Waals surface area (Å²) in [6.07, 6.45) is 5.25. The second-order valence-electron chi connectivity index (χ2n) is 5.75. The Labute approximate surface area is 112 Å². The molecular formula is C15H19FN2O. The molecule has 3 nitrogen and oxygen atoms in total. The second-order valence-corrected chi connectivity index (χ2v) is 5.75. The highest BCUT2D eigenvalue weighted by molar-refractivity contribution is 5.89. The van der Waals surface area contributed by atoms with Gasteiger partial charge < -0.3 is 10.6 Å². The lowest BCUT2D eigenvalue weighted by atomic mass is 9.89. The first-order valence-electron chi connectivity index (χ1n) is 7.02. The number of anilines is 1. The van der Waals surface area contributed by atoms with Crippen molar-refractivity contribution in [3.05, 3.63) is 30.1 Å². The largest absolute Gasteiger partial charge is 0.338 e. The number of rotatable bonds is 3. The van der Waals surface area contributed by atoms with Crippen molar-refractivity contribution in [2.75, 3.05) is 11.9 Å². The van der Waals surface area contributed by atoms with Gasteiger partial charge in [-0.05, 0) is 49.1 Å². The molecule has 0 unspecified atom stereocenters. The third-order valence-electron chi connectivity index (χ3n) is 4.53. The zero-order valence-corrected chi connectivity index (χ0v) is 10.9. The van der Waals surface area contributed by atoms with Gasteiger partial charge in [0.15, 0.2) is 0 Å². The molecule has 2 saturated carbocycles. The monoisotopic (exact) mass is 262 g/mol. The Morgan fingerprint density at radius 3 is 2.79 bits per heavy atom. The number of halogens is 1. The van der Waals surface area contributed by atoms with Crippen LogP contribution in [0, 0.1) is 23.6 Å². The van der Waals surface area contributed by atoms with Gasteiger partial charge in [-0.15, -0.1) is 0 Å². The highest BCUT2D eigenvalue weighted by atomic mass is 19.1. The highest BCUT2D eigenvalue weighted by Gasteiger charge is 2.39. The van der Waals surface area contributed by atoms with E-state index in [4.69, 9.17) is 0 Å². The maximum absolute atomic E-state index is 13.4. The Morgan fingerprint density at radius 2 is 2.11 bits per heavy atom. The van der Waals surface area contributed by atoms with E-state index >= 15 is 0 Å². The number of carbonyl (C=O) groups excluding carboxylic acids is 1. The van der Waals surface area contributed by atoms with Crippen molar-refractivity contribution in [3.63, 3.8) is 0 Å². The number of amides is 2. The Kier molecular flexibility index (Phi) is 3.40. The summed E-state index contributed by atoms with van der Waals surface area (Å²) in [7, 11) is 0. The molecular weight excluding hydrogens is 243 g/mol. The van der Waals surface area contributed by atoms with E-state index < -0.39 is 5.82 Å².